The first-order valence-electron chi connectivity index (χ1n) is 30.6. The number of ether oxygens (including phenoxy) is 3. The third-order valence-electron chi connectivity index (χ3n) is 13.1. The molecule has 72 heavy (non-hydrogen) atoms. The van der Waals surface area contributed by atoms with Crippen molar-refractivity contribution < 1.29 is 28.6 Å². The third-order valence-corrected chi connectivity index (χ3v) is 13.1. The van der Waals surface area contributed by atoms with Crippen molar-refractivity contribution in [3.05, 3.63) is 85.1 Å². The Bertz CT molecular complexity index is 1380. The van der Waals surface area contributed by atoms with Crippen LogP contribution in [0.5, 0.6) is 0 Å². The van der Waals surface area contributed by atoms with Crippen LogP contribution < -0.4 is 0 Å². The monoisotopic (exact) mass is 1000 g/mol. The van der Waals surface area contributed by atoms with E-state index in [1.807, 2.05) is 6.08 Å². The predicted molar refractivity (Wildman–Crippen MR) is 311 cm³/mol. The quantitative estimate of drug-likeness (QED) is 0.0261. The fraction of sp³-hybridized carbons (Fsp3) is 0.742. The van der Waals surface area contributed by atoms with Gasteiger partial charge in [0.2, 0.25) is 0 Å². The molecule has 0 N–H and O–H groups in total. The molecule has 1 atom stereocenters. The maximum absolute atomic E-state index is 12.8. The van der Waals surface area contributed by atoms with Crippen molar-refractivity contribution in [2.24, 2.45) is 0 Å². The minimum atomic E-state index is -0.804. The molecule has 0 saturated heterocycles. The Morgan fingerprint density at radius 3 is 0.931 bits per heavy atom. The van der Waals surface area contributed by atoms with Crippen molar-refractivity contribution >= 4 is 17.9 Å². The van der Waals surface area contributed by atoms with Gasteiger partial charge in [-0.25, -0.2) is 0 Å². The minimum Gasteiger partial charge on any atom is -0.462 e. The zero-order chi connectivity index (χ0) is 52.2. The molecule has 0 saturated carbocycles. The lowest BCUT2D eigenvalue weighted by atomic mass is 10.0. The van der Waals surface area contributed by atoms with Gasteiger partial charge in [-0.1, -0.05) is 279 Å². The number of hydrogen-bond donors (Lipinski definition) is 0. The van der Waals surface area contributed by atoms with Crippen molar-refractivity contribution in [1.82, 2.24) is 0 Å². The first kappa shape index (κ1) is 68.6. The van der Waals surface area contributed by atoms with Gasteiger partial charge in [0.15, 0.2) is 6.10 Å². The van der Waals surface area contributed by atoms with Crippen molar-refractivity contribution in [3.63, 3.8) is 0 Å². The van der Waals surface area contributed by atoms with E-state index in [9.17, 15) is 14.4 Å². The van der Waals surface area contributed by atoms with Gasteiger partial charge in [-0.15, -0.1) is 0 Å². The highest BCUT2D eigenvalue weighted by Crippen LogP contribution is 2.16. The lowest BCUT2D eigenvalue weighted by Crippen LogP contribution is -2.30. The zero-order valence-corrected chi connectivity index (χ0v) is 47.4. The molecule has 6 heteroatoms. The maximum atomic E-state index is 12.8. The van der Waals surface area contributed by atoms with Crippen LogP contribution in [-0.2, 0) is 28.6 Å². The van der Waals surface area contributed by atoms with E-state index in [1.165, 1.54) is 173 Å². The first-order chi connectivity index (χ1) is 35.5. The van der Waals surface area contributed by atoms with Crippen LogP contribution in [0.3, 0.4) is 0 Å². The normalized spacial score (nSPS) is 12.7. The summed E-state index contributed by atoms with van der Waals surface area (Å²) < 4.78 is 16.8. The molecule has 0 rings (SSSR count). The zero-order valence-electron chi connectivity index (χ0n) is 47.4. The molecule has 6 nitrogen and oxygen atoms in total. The molecule has 0 aliphatic rings. The third kappa shape index (κ3) is 57.5. The smallest absolute Gasteiger partial charge is 0.306 e. The summed E-state index contributed by atoms with van der Waals surface area (Å²) in [5.74, 6) is -0.974. The molecule has 0 aliphatic heterocycles. The maximum Gasteiger partial charge on any atom is 0.306 e. The number of carbonyl (C=O) groups excluding carboxylic acids is 3. The summed E-state index contributed by atoms with van der Waals surface area (Å²) in [5.41, 5.74) is 0. The Labute approximate surface area is 445 Å². The summed E-state index contributed by atoms with van der Waals surface area (Å²) in [7, 11) is 0. The molecule has 0 aromatic rings. The Kier molecular flexibility index (Phi) is 57.3. The lowest BCUT2D eigenvalue weighted by molar-refractivity contribution is -0.166. The minimum absolute atomic E-state index is 0.0971. The predicted octanol–water partition coefficient (Wildman–Crippen LogP) is 20.7. The lowest BCUT2D eigenvalue weighted by Gasteiger charge is -2.18. The fourth-order valence-electron chi connectivity index (χ4n) is 8.58. The van der Waals surface area contributed by atoms with Gasteiger partial charge in [-0.05, 0) is 83.5 Å². The second-order valence-corrected chi connectivity index (χ2v) is 20.2. The average Bonchev–Trinajstić information content (AvgIpc) is 3.38. The Morgan fingerprint density at radius 1 is 0.292 bits per heavy atom. The van der Waals surface area contributed by atoms with Gasteiger partial charge in [0.05, 0.1) is 0 Å². The van der Waals surface area contributed by atoms with Crippen LogP contribution in [0, 0.1) is 0 Å². The van der Waals surface area contributed by atoms with Crippen LogP contribution in [0.1, 0.15) is 297 Å². The molecule has 0 fully saturated rings. The van der Waals surface area contributed by atoms with Gasteiger partial charge >= 0.3 is 17.9 Å². The summed E-state index contributed by atoms with van der Waals surface area (Å²) in [6.07, 6.45) is 78.9. The SMILES string of the molecule is CC/C=C\C/C=C\C/C=C\C/C=C\CCC(=O)OCC(COC(=O)CCCCCCCCCCCCCC/C=C\C/C=C\C/C=C\CCCCCCC)OC(=O)CCCCCCCCCCCCCCCC. The largest absolute Gasteiger partial charge is 0.462 e. The molecule has 0 bridgehead atoms. The van der Waals surface area contributed by atoms with Gasteiger partial charge < -0.3 is 14.2 Å². The van der Waals surface area contributed by atoms with Gasteiger partial charge in [0, 0.05) is 19.3 Å². The molecular formula is C66H114O6. The van der Waals surface area contributed by atoms with Crippen molar-refractivity contribution in [2.75, 3.05) is 13.2 Å². The summed E-state index contributed by atoms with van der Waals surface area (Å²) in [5, 5.41) is 0. The standard InChI is InChI=1S/C66H114O6/c1-4-7-10-13-16-19-22-25-27-28-29-30-31-32-33-34-35-36-37-38-39-42-44-47-50-53-56-59-65(68)71-62-63(61-70-64(67)58-55-52-49-46-43-40-24-21-18-15-12-9-6-3)72-66(69)60-57-54-51-48-45-41-26-23-20-17-14-11-8-5-2/h9,12,18,21-22,25,28-29,31-32,40,43,49,52,63H,4-8,10-11,13-17,19-20,23-24,26-27,30,33-39,41-42,44-48,50-51,53-62H2,1-3H3/b12-9-,21-18-,25-22-,29-28-,32-31-,43-40-,52-49-. The van der Waals surface area contributed by atoms with Crippen molar-refractivity contribution in [1.29, 1.82) is 0 Å². The fourth-order valence-corrected chi connectivity index (χ4v) is 8.58. The van der Waals surface area contributed by atoms with Crippen LogP contribution in [0.4, 0.5) is 0 Å². The first-order valence-corrected chi connectivity index (χ1v) is 30.6. The van der Waals surface area contributed by atoms with Crippen LogP contribution in [0.25, 0.3) is 0 Å². The van der Waals surface area contributed by atoms with Crippen LogP contribution >= 0.6 is 0 Å². The second-order valence-electron chi connectivity index (χ2n) is 20.2. The van der Waals surface area contributed by atoms with E-state index >= 15 is 0 Å². The van der Waals surface area contributed by atoms with E-state index in [0.717, 1.165) is 77.0 Å². The molecule has 0 heterocycles. The Balaban J connectivity index is 4.28. The molecule has 0 aliphatic carbocycles. The molecule has 0 radical (unpaired) electrons. The topological polar surface area (TPSA) is 78.9 Å². The highest BCUT2D eigenvalue weighted by Gasteiger charge is 2.19. The van der Waals surface area contributed by atoms with E-state index < -0.39 is 6.10 Å². The van der Waals surface area contributed by atoms with Crippen molar-refractivity contribution in [2.45, 2.75) is 303 Å². The molecule has 0 amide bonds. The summed E-state index contributed by atoms with van der Waals surface area (Å²) >= 11 is 0. The number of allylic oxidation sites excluding steroid dienone is 14. The van der Waals surface area contributed by atoms with E-state index in [2.05, 4.69) is 99.8 Å². The van der Waals surface area contributed by atoms with Crippen LogP contribution in [0.2, 0.25) is 0 Å². The average molecular weight is 1000 g/mol. The van der Waals surface area contributed by atoms with Crippen LogP contribution in [0.15, 0.2) is 85.1 Å². The van der Waals surface area contributed by atoms with E-state index in [0.29, 0.717) is 19.3 Å². The van der Waals surface area contributed by atoms with Crippen molar-refractivity contribution in [3.8, 4) is 0 Å². The number of carbonyl (C=O) groups is 3. The summed E-state index contributed by atoms with van der Waals surface area (Å²) in [6, 6.07) is 0. The van der Waals surface area contributed by atoms with Gasteiger partial charge in [-0.2, -0.15) is 0 Å². The Morgan fingerprint density at radius 2 is 0.569 bits per heavy atom. The molecular weight excluding hydrogens is 889 g/mol. The van der Waals surface area contributed by atoms with E-state index in [1.54, 1.807) is 0 Å². The molecule has 0 aromatic carbocycles. The van der Waals surface area contributed by atoms with Gasteiger partial charge in [-0.3, -0.25) is 14.4 Å². The number of hydrogen-bond acceptors (Lipinski definition) is 6. The van der Waals surface area contributed by atoms with E-state index in [4.69, 9.17) is 14.2 Å². The molecule has 1 unspecified atom stereocenters. The molecule has 414 valence electrons. The highest BCUT2D eigenvalue weighted by atomic mass is 16.6. The molecule has 0 aromatic heterocycles. The van der Waals surface area contributed by atoms with E-state index in [-0.39, 0.29) is 37.5 Å². The summed E-state index contributed by atoms with van der Waals surface area (Å²) in [4.78, 5) is 38.1. The van der Waals surface area contributed by atoms with Crippen LogP contribution in [-0.4, -0.2) is 37.2 Å². The van der Waals surface area contributed by atoms with Gasteiger partial charge in [0.1, 0.15) is 13.2 Å². The number of esters is 3. The second kappa shape index (κ2) is 60.1. The summed E-state index contributed by atoms with van der Waals surface area (Å²) in [6.45, 7) is 6.47. The molecule has 0 spiro atoms. The number of unbranched alkanes of at least 4 members (excludes halogenated alkanes) is 30. The Hall–Kier alpha value is -3.41. The van der Waals surface area contributed by atoms with Gasteiger partial charge in [0.25, 0.3) is 0 Å². The highest BCUT2D eigenvalue weighted by molar-refractivity contribution is 5.71. The number of rotatable bonds is 55.